The van der Waals surface area contributed by atoms with Crippen LogP contribution in [0.5, 0.6) is 0 Å². The number of hydrogen-bond donors (Lipinski definition) is 1. The average Bonchev–Trinajstić information content (AvgIpc) is 2.36. The molecule has 1 aromatic rings. The van der Waals surface area contributed by atoms with Crippen LogP contribution >= 0.6 is 22.9 Å². The van der Waals surface area contributed by atoms with Crippen LogP contribution in [0.4, 0.5) is 0 Å². The van der Waals surface area contributed by atoms with Gasteiger partial charge in [-0.05, 0) is 24.8 Å². The molecule has 1 aromatic heterocycles. The molecule has 12 heavy (non-hydrogen) atoms. The second kappa shape index (κ2) is 3.77. The van der Waals surface area contributed by atoms with Gasteiger partial charge in [-0.3, -0.25) is 0 Å². The van der Waals surface area contributed by atoms with E-state index in [1.54, 1.807) is 11.3 Å². The van der Waals surface area contributed by atoms with Crippen LogP contribution in [0, 0.1) is 0 Å². The van der Waals surface area contributed by atoms with E-state index in [-0.39, 0.29) is 0 Å². The van der Waals surface area contributed by atoms with Crippen LogP contribution in [0.2, 0.25) is 5.02 Å². The molecule has 68 valence electrons. The SMILES string of the molecule is CCC(C)(O)Cc1sccc1Cl. The van der Waals surface area contributed by atoms with E-state index in [2.05, 4.69) is 0 Å². The molecule has 1 heterocycles. The van der Waals surface area contributed by atoms with E-state index < -0.39 is 5.60 Å². The van der Waals surface area contributed by atoms with Gasteiger partial charge in [-0.15, -0.1) is 11.3 Å². The molecule has 0 aliphatic heterocycles. The van der Waals surface area contributed by atoms with E-state index in [0.717, 1.165) is 16.3 Å². The Morgan fingerprint density at radius 2 is 2.33 bits per heavy atom. The van der Waals surface area contributed by atoms with Gasteiger partial charge in [-0.25, -0.2) is 0 Å². The summed E-state index contributed by atoms with van der Waals surface area (Å²) in [6.45, 7) is 3.81. The van der Waals surface area contributed by atoms with Gasteiger partial charge in [0.25, 0.3) is 0 Å². The van der Waals surface area contributed by atoms with Crippen molar-refractivity contribution >= 4 is 22.9 Å². The van der Waals surface area contributed by atoms with Gasteiger partial charge in [0.1, 0.15) is 0 Å². The van der Waals surface area contributed by atoms with Crippen molar-refractivity contribution in [2.75, 3.05) is 0 Å². The van der Waals surface area contributed by atoms with E-state index >= 15 is 0 Å². The van der Waals surface area contributed by atoms with E-state index in [4.69, 9.17) is 11.6 Å². The third-order valence-electron chi connectivity index (χ3n) is 1.99. The first-order valence-corrected chi connectivity index (χ1v) is 5.25. The summed E-state index contributed by atoms with van der Waals surface area (Å²) in [6, 6.07) is 1.87. The molecule has 1 atom stereocenters. The molecule has 0 bridgehead atoms. The average molecular weight is 205 g/mol. The number of rotatable bonds is 3. The Kier molecular flexibility index (Phi) is 3.16. The lowest BCUT2D eigenvalue weighted by molar-refractivity contribution is 0.0573. The molecule has 0 radical (unpaired) electrons. The Morgan fingerprint density at radius 3 is 2.75 bits per heavy atom. The van der Waals surface area contributed by atoms with Crippen molar-refractivity contribution in [2.45, 2.75) is 32.3 Å². The minimum Gasteiger partial charge on any atom is -0.390 e. The predicted molar refractivity (Wildman–Crippen MR) is 53.9 cm³/mol. The van der Waals surface area contributed by atoms with Gasteiger partial charge in [0.15, 0.2) is 0 Å². The molecule has 0 spiro atoms. The minimum absolute atomic E-state index is 0.617. The summed E-state index contributed by atoms with van der Waals surface area (Å²) in [7, 11) is 0. The molecule has 0 aromatic carbocycles. The first kappa shape index (κ1) is 10.0. The molecular formula is C9H13ClOS. The third-order valence-corrected chi connectivity index (χ3v) is 3.38. The lowest BCUT2D eigenvalue weighted by Gasteiger charge is -2.20. The van der Waals surface area contributed by atoms with Gasteiger partial charge >= 0.3 is 0 Å². The Labute approximate surface area is 82.0 Å². The fraction of sp³-hybridized carbons (Fsp3) is 0.556. The molecule has 0 aliphatic rings. The number of aliphatic hydroxyl groups is 1. The standard InChI is InChI=1S/C9H13ClOS/c1-3-9(2,11)6-8-7(10)4-5-12-8/h4-5,11H,3,6H2,1-2H3. The summed E-state index contributed by atoms with van der Waals surface area (Å²) in [5, 5.41) is 12.5. The summed E-state index contributed by atoms with van der Waals surface area (Å²) in [5.41, 5.74) is -0.617. The molecule has 1 rings (SSSR count). The van der Waals surface area contributed by atoms with Gasteiger partial charge < -0.3 is 5.11 Å². The van der Waals surface area contributed by atoms with E-state index in [9.17, 15) is 5.11 Å². The smallest absolute Gasteiger partial charge is 0.0665 e. The second-order valence-corrected chi connectivity index (χ2v) is 4.63. The highest BCUT2D eigenvalue weighted by molar-refractivity contribution is 7.10. The molecular weight excluding hydrogens is 192 g/mol. The van der Waals surface area contributed by atoms with E-state index in [1.807, 2.05) is 25.3 Å². The fourth-order valence-corrected chi connectivity index (χ4v) is 2.20. The van der Waals surface area contributed by atoms with Gasteiger partial charge in [-0.1, -0.05) is 18.5 Å². The third kappa shape index (κ3) is 2.47. The molecule has 0 fully saturated rings. The lowest BCUT2D eigenvalue weighted by atomic mass is 9.98. The molecule has 3 heteroatoms. The predicted octanol–water partition coefficient (Wildman–Crippen LogP) is 3.11. The summed E-state index contributed by atoms with van der Waals surface area (Å²) < 4.78 is 0. The van der Waals surface area contributed by atoms with Crippen LogP contribution in [0.15, 0.2) is 11.4 Å². The summed E-state index contributed by atoms with van der Waals surface area (Å²) >= 11 is 7.50. The zero-order valence-electron chi connectivity index (χ0n) is 7.30. The fourth-order valence-electron chi connectivity index (χ4n) is 0.922. The highest BCUT2D eigenvalue weighted by Crippen LogP contribution is 2.27. The van der Waals surface area contributed by atoms with Gasteiger partial charge in [-0.2, -0.15) is 0 Å². The quantitative estimate of drug-likeness (QED) is 0.803. The van der Waals surface area contributed by atoms with Crippen LogP contribution in [0.25, 0.3) is 0 Å². The molecule has 0 amide bonds. The van der Waals surface area contributed by atoms with Crippen LogP contribution < -0.4 is 0 Å². The molecule has 1 nitrogen and oxygen atoms in total. The van der Waals surface area contributed by atoms with Crippen molar-refractivity contribution in [3.8, 4) is 0 Å². The Balaban J connectivity index is 2.70. The summed E-state index contributed by atoms with van der Waals surface area (Å²) in [6.07, 6.45) is 1.40. The lowest BCUT2D eigenvalue weighted by Crippen LogP contribution is -2.25. The molecule has 0 saturated heterocycles. The monoisotopic (exact) mass is 204 g/mol. The summed E-state index contributed by atoms with van der Waals surface area (Å²) in [5.74, 6) is 0. The van der Waals surface area contributed by atoms with Gasteiger partial charge in [0, 0.05) is 11.3 Å². The number of halogens is 1. The number of hydrogen-bond acceptors (Lipinski definition) is 2. The maximum atomic E-state index is 9.77. The van der Waals surface area contributed by atoms with Crippen molar-refractivity contribution in [2.24, 2.45) is 0 Å². The summed E-state index contributed by atoms with van der Waals surface area (Å²) in [4.78, 5) is 1.07. The molecule has 1 unspecified atom stereocenters. The van der Waals surface area contributed by atoms with Crippen LogP contribution in [0.1, 0.15) is 25.1 Å². The van der Waals surface area contributed by atoms with Crippen LogP contribution in [0.3, 0.4) is 0 Å². The van der Waals surface area contributed by atoms with Gasteiger partial charge in [0.2, 0.25) is 0 Å². The molecule has 1 N–H and O–H groups in total. The Bertz CT molecular complexity index is 255. The van der Waals surface area contributed by atoms with Crippen LogP contribution in [-0.2, 0) is 6.42 Å². The molecule has 0 aliphatic carbocycles. The van der Waals surface area contributed by atoms with Crippen molar-refractivity contribution < 1.29 is 5.11 Å². The van der Waals surface area contributed by atoms with E-state index in [1.165, 1.54) is 0 Å². The maximum absolute atomic E-state index is 9.77. The topological polar surface area (TPSA) is 20.2 Å². The van der Waals surface area contributed by atoms with Crippen molar-refractivity contribution in [1.29, 1.82) is 0 Å². The Morgan fingerprint density at radius 1 is 1.67 bits per heavy atom. The first-order valence-electron chi connectivity index (χ1n) is 3.99. The van der Waals surface area contributed by atoms with Crippen molar-refractivity contribution in [1.82, 2.24) is 0 Å². The highest BCUT2D eigenvalue weighted by atomic mass is 35.5. The largest absolute Gasteiger partial charge is 0.390 e. The zero-order valence-corrected chi connectivity index (χ0v) is 8.87. The Hall–Kier alpha value is -0.0500. The molecule has 0 saturated carbocycles. The van der Waals surface area contributed by atoms with Gasteiger partial charge in [0.05, 0.1) is 10.6 Å². The second-order valence-electron chi connectivity index (χ2n) is 3.22. The normalized spacial score (nSPS) is 16.0. The van der Waals surface area contributed by atoms with Crippen molar-refractivity contribution in [3.05, 3.63) is 21.3 Å². The first-order chi connectivity index (χ1) is 5.55. The van der Waals surface area contributed by atoms with Crippen molar-refractivity contribution in [3.63, 3.8) is 0 Å². The van der Waals surface area contributed by atoms with Crippen LogP contribution in [-0.4, -0.2) is 10.7 Å². The highest BCUT2D eigenvalue weighted by Gasteiger charge is 2.20. The number of thiophene rings is 1. The maximum Gasteiger partial charge on any atom is 0.0665 e. The minimum atomic E-state index is -0.617. The zero-order chi connectivity index (χ0) is 9.19. The van der Waals surface area contributed by atoms with E-state index in [0.29, 0.717) is 6.42 Å².